The van der Waals surface area contributed by atoms with Crippen molar-refractivity contribution in [2.24, 2.45) is 11.8 Å². The molecule has 190 valence electrons. The van der Waals surface area contributed by atoms with E-state index in [1.165, 1.54) is 5.56 Å². The molecule has 0 radical (unpaired) electrons. The monoisotopic (exact) mass is 527 g/mol. The molecule has 0 bridgehead atoms. The van der Waals surface area contributed by atoms with Crippen LogP contribution in [0.25, 0.3) is 17.0 Å². The molecule has 2 aliphatic rings. The molecule has 1 fully saturated rings. The highest BCUT2D eigenvalue weighted by molar-refractivity contribution is 6.34. The summed E-state index contributed by atoms with van der Waals surface area (Å²) in [6.45, 7) is 5.64. The van der Waals surface area contributed by atoms with E-state index in [4.69, 9.17) is 27.9 Å². The van der Waals surface area contributed by atoms with E-state index < -0.39 is 5.97 Å². The fourth-order valence-electron chi connectivity index (χ4n) is 5.31. The van der Waals surface area contributed by atoms with Crippen LogP contribution in [-0.4, -0.2) is 44.8 Å². The van der Waals surface area contributed by atoms with Gasteiger partial charge in [-0.2, -0.15) is 5.10 Å². The Labute approximate surface area is 221 Å². The Balaban J connectivity index is 1.33. The van der Waals surface area contributed by atoms with E-state index >= 15 is 0 Å². The third-order valence-electron chi connectivity index (χ3n) is 7.30. The van der Waals surface area contributed by atoms with Crippen LogP contribution in [0.15, 0.2) is 42.0 Å². The van der Waals surface area contributed by atoms with Crippen molar-refractivity contribution in [1.29, 1.82) is 0 Å². The number of fused-ring (bicyclic) bond motifs is 2. The van der Waals surface area contributed by atoms with Gasteiger partial charge in [0.25, 0.3) is 0 Å². The van der Waals surface area contributed by atoms with Gasteiger partial charge in [-0.05, 0) is 84.7 Å². The summed E-state index contributed by atoms with van der Waals surface area (Å²) in [5.74, 6) is 0.0270. The number of aliphatic carboxylic acids is 1. The Bertz CT molecular complexity index is 1300. The van der Waals surface area contributed by atoms with Crippen LogP contribution in [0, 0.1) is 11.8 Å². The van der Waals surface area contributed by atoms with E-state index in [2.05, 4.69) is 53.2 Å². The number of carboxylic acid groups (broad SMARTS) is 1. The van der Waals surface area contributed by atoms with Gasteiger partial charge in [-0.15, -0.1) is 11.6 Å². The van der Waals surface area contributed by atoms with Crippen molar-refractivity contribution in [1.82, 2.24) is 15.1 Å². The number of carboxylic acids is 1. The van der Waals surface area contributed by atoms with Crippen LogP contribution < -0.4 is 4.74 Å². The Morgan fingerprint density at radius 3 is 2.83 bits per heavy atom. The molecule has 8 heteroatoms. The molecule has 2 N–H and O–H groups in total. The first-order valence-corrected chi connectivity index (χ1v) is 13.4. The molecule has 5 rings (SSSR count). The zero-order valence-corrected chi connectivity index (χ0v) is 22.0. The lowest BCUT2D eigenvalue weighted by Crippen LogP contribution is -2.43. The minimum Gasteiger partial charge on any atom is -0.485 e. The highest BCUT2D eigenvalue weighted by atomic mass is 35.5. The van der Waals surface area contributed by atoms with Crippen LogP contribution in [0.5, 0.6) is 5.75 Å². The standard InChI is InChI=1S/C28H31Cl2N3O3/c1-16(2)25(19-8-10-24-23(14-19)26(29)32-31-24)36-22-9-7-17-12-20(6-5-18(17)13-22)27(30)33-11-3-4-21(15-33)28(34)35/h7-10,12-14,16,21,25,27H,3-6,11,15H2,1-2H3,(H,31,32)(H,34,35). The summed E-state index contributed by atoms with van der Waals surface area (Å²) in [5, 5.41) is 17.9. The number of hydrogen-bond donors (Lipinski definition) is 2. The summed E-state index contributed by atoms with van der Waals surface area (Å²) >= 11 is 13.1. The van der Waals surface area contributed by atoms with E-state index in [0.29, 0.717) is 11.7 Å². The number of alkyl halides is 1. The summed E-state index contributed by atoms with van der Waals surface area (Å²) in [6.07, 6.45) is 5.35. The number of aromatic amines is 1. The minimum absolute atomic E-state index is 0.124. The maximum absolute atomic E-state index is 11.5. The predicted octanol–water partition coefficient (Wildman–Crippen LogP) is 6.68. The maximum atomic E-state index is 11.5. The molecular formula is C28H31Cl2N3O3. The van der Waals surface area contributed by atoms with Gasteiger partial charge in [0.05, 0.1) is 11.4 Å². The first kappa shape index (κ1) is 25.1. The minimum atomic E-state index is -0.730. The second-order valence-electron chi connectivity index (χ2n) is 10.2. The van der Waals surface area contributed by atoms with Crippen LogP contribution in [-0.2, 0) is 11.2 Å². The Morgan fingerprint density at radius 2 is 2.06 bits per heavy atom. The van der Waals surface area contributed by atoms with Gasteiger partial charge < -0.3 is 9.84 Å². The van der Waals surface area contributed by atoms with Gasteiger partial charge in [0.1, 0.15) is 22.5 Å². The van der Waals surface area contributed by atoms with Crippen LogP contribution >= 0.6 is 23.2 Å². The van der Waals surface area contributed by atoms with E-state index in [0.717, 1.165) is 65.6 Å². The van der Waals surface area contributed by atoms with Gasteiger partial charge in [0.15, 0.2) is 0 Å². The maximum Gasteiger partial charge on any atom is 0.307 e. The fourth-order valence-corrected chi connectivity index (χ4v) is 5.85. The lowest BCUT2D eigenvalue weighted by molar-refractivity contribution is -0.143. The number of ether oxygens (including phenoxy) is 1. The van der Waals surface area contributed by atoms with Crippen LogP contribution in [0.1, 0.15) is 55.9 Å². The number of nitrogens with zero attached hydrogens (tertiary/aromatic N) is 2. The molecular weight excluding hydrogens is 497 g/mol. The van der Waals surface area contributed by atoms with Gasteiger partial charge in [0, 0.05) is 11.9 Å². The zero-order chi connectivity index (χ0) is 25.4. The smallest absolute Gasteiger partial charge is 0.307 e. The number of piperidine rings is 1. The highest BCUT2D eigenvalue weighted by Crippen LogP contribution is 2.36. The Hall–Kier alpha value is -2.54. The van der Waals surface area contributed by atoms with Crippen molar-refractivity contribution in [3.05, 3.63) is 63.8 Å². The molecule has 3 unspecified atom stereocenters. The first-order chi connectivity index (χ1) is 17.3. The quantitative estimate of drug-likeness (QED) is 0.264. The Kier molecular flexibility index (Phi) is 7.29. The van der Waals surface area contributed by atoms with Crippen molar-refractivity contribution in [3.63, 3.8) is 0 Å². The molecule has 1 aliphatic carbocycles. The molecule has 1 aliphatic heterocycles. The molecule has 3 aromatic rings. The summed E-state index contributed by atoms with van der Waals surface area (Å²) in [6, 6.07) is 12.3. The molecule has 1 aromatic heterocycles. The summed E-state index contributed by atoms with van der Waals surface area (Å²) < 4.78 is 6.51. The van der Waals surface area contributed by atoms with Gasteiger partial charge in [-0.1, -0.05) is 43.7 Å². The number of carbonyl (C=O) groups is 1. The lowest BCUT2D eigenvalue weighted by Gasteiger charge is -2.36. The molecule has 0 spiro atoms. The number of benzene rings is 2. The number of nitrogens with one attached hydrogen (secondary N) is 1. The average molecular weight is 528 g/mol. The number of H-pyrrole nitrogens is 1. The van der Waals surface area contributed by atoms with Crippen molar-refractivity contribution in [2.45, 2.75) is 51.1 Å². The number of aryl methyl sites for hydroxylation is 1. The highest BCUT2D eigenvalue weighted by Gasteiger charge is 2.31. The van der Waals surface area contributed by atoms with Gasteiger partial charge in [-0.3, -0.25) is 14.8 Å². The largest absolute Gasteiger partial charge is 0.485 e. The summed E-state index contributed by atoms with van der Waals surface area (Å²) in [4.78, 5) is 13.6. The molecule has 1 saturated heterocycles. The number of rotatable bonds is 7. The fraction of sp³-hybridized carbons (Fsp3) is 0.429. The van der Waals surface area contributed by atoms with Crippen LogP contribution in [0.4, 0.5) is 0 Å². The summed E-state index contributed by atoms with van der Waals surface area (Å²) in [5.41, 5.74) is 5.15. The number of likely N-dealkylation sites (tertiary alicyclic amines) is 1. The van der Waals surface area contributed by atoms with Crippen molar-refractivity contribution < 1.29 is 14.6 Å². The first-order valence-electron chi connectivity index (χ1n) is 12.5. The number of hydrogen-bond acceptors (Lipinski definition) is 4. The molecule has 2 aromatic carbocycles. The second-order valence-corrected chi connectivity index (χ2v) is 11.0. The van der Waals surface area contributed by atoms with Gasteiger partial charge in [0.2, 0.25) is 0 Å². The van der Waals surface area contributed by atoms with Gasteiger partial charge >= 0.3 is 5.97 Å². The lowest BCUT2D eigenvalue weighted by atomic mass is 9.90. The molecule has 6 nitrogen and oxygen atoms in total. The topological polar surface area (TPSA) is 78.4 Å². The van der Waals surface area contributed by atoms with Crippen molar-refractivity contribution >= 4 is 46.2 Å². The Morgan fingerprint density at radius 1 is 1.22 bits per heavy atom. The third kappa shape index (κ3) is 5.13. The van der Waals surface area contributed by atoms with Crippen molar-refractivity contribution in [2.75, 3.05) is 13.1 Å². The molecule has 3 atom stereocenters. The van der Waals surface area contributed by atoms with E-state index in [1.54, 1.807) is 0 Å². The van der Waals surface area contributed by atoms with E-state index in [1.807, 2.05) is 18.2 Å². The molecule has 36 heavy (non-hydrogen) atoms. The zero-order valence-electron chi connectivity index (χ0n) is 20.5. The van der Waals surface area contributed by atoms with E-state index in [-0.39, 0.29) is 23.4 Å². The number of aromatic nitrogens is 2. The summed E-state index contributed by atoms with van der Waals surface area (Å²) in [7, 11) is 0. The van der Waals surface area contributed by atoms with Gasteiger partial charge in [-0.25, -0.2) is 0 Å². The van der Waals surface area contributed by atoms with Crippen molar-refractivity contribution in [3.8, 4) is 5.75 Å². The third-order valence-corrected chi connectivity index (χ3v) is 8.14. The normalized spacial score (nSPS) is 20.1. The van der Waals surface area contributed by atoms with Crippen LogP contribution in [0.2, 0.25) is 5.15 Å². The van der Waals surface area contributed by atoms with E-state index in [9.17, 15) is 9.90 Å². The molecule has 0 amide bonds. The predicted molar refractivity (Wildman–Crippen MR) is 144 cm³/mol. The second kappa shape index (κ2) is 10.4. The molecule has 2 heterocycles. The van der Waals surface area contributed by atoms with Crippen LogP contribution in [0.3, 0.4) is 0 Å². The number of halogens is 2. The average Bonchev–Trinajstić information content (AvgIpc) is 3.26. The SMILES string of the molecule is CC(C)C(Oc1ccc2c(c1)CCC(C(Cl)N1CCCC(C(=O)O)C1)=C2)c1ccc2n[nH]c(Cl)c2c1. The molecule has 0 saturated carbocycles.